The number of nitrogens with zero attached hydrogens (tertiary/aromatic N) is 2. The lowest BCUT2D eigenvalue weighted by atomic mass is 9.82. The first-order valence-corrected chi connectivity index (χ1v) is 20.3. The highest BCUT2D eigenvalue weighted by Gasteiger charge is 2.35. The van der Waals surface area contributed by atoms with Crippen molar-refractivity contribution in [1.82, 2.24) is 9.97 Å². The van der Waals surface area contributed by atoms with Crippen molar-refractivity contribution in [2.45, 2.75) is 19.3 Å². The van der Waals surface area contributed by atoms with Crippen LogP contribution in [0.2, 0.25) is 0 Å². The molecule has 0 saturated carbocycles. The molecule has 0 atom stereocenters. The number of furan rings is 1. The summed E-state index contributed by atoms with van der Waals surface area (Å²) in [7, 11) is 0. The third-order valence-corrected chi connectivity index (χ3v) is 13.3. The Labute approximate surface area is 333 Å². The summed E-state index contributed by atoms with van der Waals surface area (Å²) in [5, 5.41) is 5.73. The van der Waals surface area contributed by atoms with Crippen LogP contribution in [0.3, 0.4) is 0 Å². The van der Waals surface area contributed by atoms with Crippen molar-refractivity contribution in [3.05, 3.63) is 181 Å². The van der Waals surface area contributed by atoms with E-state index in [-0.39, 0.29) is 5.41 Å². The molecule has 57 heavy (non-hydrogen) atoms. The molecule has 8 aromatic carbocycles. The Morgan fingerprint density at radius 2 is 1.16 bits per heavy atom. The van der Waals surface area contributed by atoms with Gasteiger partial charge in [0.2, 0.25) is 0 Å². The van der Waals surface area contributed by atoms with Gasteiger partial charge < -0.3 is 4.42 Å². The molecule has 0 fully saturated rings. The molecule has 268 valence electrons. The summed E-state index contributed by atoms with van der Waals surface area (Å²) in [6.07, 6.45) is 0. The minimum Gasteiger partial charge on any atom is -0.456 e. The molecule has 3 heterocycles. The van der Waals surface area contributed by atoms with Crippen LogP contribution in [0.25, 0.3) is 109 Å². The maximum atomic E-state index is 6.62. The Hall–Kier alpha value is -6.88. The zero-order chi connectivity index (χ0) is 37.8. The van der Waals surface area contributed by atoms with E-state index < -0.39 is 0 Å². The van der Waals surface area contributed by atoms with E-state index in [0.717, 1.165) is 65.5 Å². The summed E-state index contributed by atoms with van der Waals surface area (Å²) in [4.78, 5) is 10.8. The topological polar surface area (TPSA) is 38.9 Å². The zero-order valence-corrected chi connectivity index (χ0v) is 32.2. The third-order valence-electron chi connectivity index (χ3n) is 12.1. The zero-order valence-electron chi connectivity index (χ0n) is 31.4. The van der Waals surface area contributed by atoms with Gasteiger partial charge >= 0.3 is 0 Å². The van der Waals surface area contributed by atoms with Crippen LogP contribution in [0, 0.1) is 0 Å². The molecule has 0 aliphatic heterocycles. The van der Waals surface area contributed by atoms with Gasteiger partial charge in [-0.2, -0.15) is 0 Å². The molecule has 0 amide bonds. The van der Waals surface area contributed by atoms with E-state index in [4.69, 9.17) is 14.4 Å². The number of rotatable bonds is 4. The Morgan fingerprint density at radius 1 is 0.474 bits per heavy atom. The standard InChI is InChI=1S/C53H34N2OS/c1-53(2)43-15-7-5-12-38(43)39-26-25-37(29-44(39)53)49-51-50(41-13-6-8-17-47(41)57-51)55-52(54-49)42-14-9-16-45-48(42)40-27-24-36(30-46(40)56-45)33-20-18-32(19-21-33)35-23-22-31-10-3-4-11-34(31)28-35/h3-30H,1-2H3. The van der Waals surface area contributed by atoms with Crippen LogP contribution in [0.15, 0.2) is 174 Å². The monoisotopic (exact) mass is 746 g/mol. The lowest BCUT2D eigenvalue weighted by molar-refractivity contribution is 0.660. The first-order valence-electron chi connectivity index (χ1n) is 19.5. The van der Waals surface area contributed by atoms with Gasteiger partial charge in [0, 0.05) is 37.4 Å². The predicted octanol–water partition coefficient (Wildman–Crippen LogP) is 14.9. The van der Waals surface area contributed by atoms with E-state index in [0.29, 0.717) is 5.82 Å². The van der Waals surface area contributed by atoms with Crippen LogP contribution >= 0.6 is 11.3 Å². The molecular weight excluding hydrogens is 713 g/mol. The Balaban J connectivity index is 0.984. The molecule has 0 saturated heterocycles. The number of aromatic nitrogens is 2. The number of hydrogen-bond donors (Lipinski definition) is 0. The lowest BCUT2D eigenvalue weighted by Crippen LogP contribution is -2.14. The van der Waals surface area contributed by atoms with Gasteiger partial charge in [0.15, 0.2) is 5.82 Å². The predicted molar refractivity (Wildman–Crippen MR) is 239 cm³/mol. The fourth-order valence-corrected chi connectivity index (χ4v) is 10.3. The Morgan fingerprint density at radius 3 is 2.04 bits per heavy atom. The molecule has 11 aromatic rings. The second kappa shape index (κ2) is 12.1. The van der Waals surface area contributed by atoms with Crippen LogP contribution in [0.4, 0.5) is 0 Å². The molecular formula is C53H34N2OS. The normalized spacial score (nSPS) is 13.2. The molecule has 0 bridgehead atoms. The maximum absolute atomic E-state index is 6.62. The second-order valence-electron chi connectivity index (χ2n) is 15.7. The average molecular weight is 747 g/mol. The lowest BCUT2D eigenvalue weighted by Gasteiger charge is -2.22. The third kappa shape index (κ3) is 4.90. The van der Waals surface area contributed by atoms with Crippen molar-refractivity contribution < 1.29 is 4.42 Å². The highest BCUT2D eigenvalue weighted by Crippen LogP contribution is 2.50. The number of thiophene rings is 1. The summed E-state index contributed by atoms with van der Waals surface area (Å²) in [6.45, 7) is 4.67. The van der Waals surface area contributed by atoms with Crippen molar-refractivity contribution in [1.29, 1.82) is 0 Å². The van der Waals surface area contributed by atoms with E-state index in [1.54, 1.807) is 11.3 Å². The van der Waals surface area contributed by atoms with Crippen molar-refractivity contribution in [2.75, 3.05) is 0 Å². The fraction of sp³-hybridized carbons (Fsp3) is 0.0566. The van der Waals surface area contributed by atoms with E-state index in [9.17, 15) is 0 Å². The Kier molecular flexibility index (Phi) is 6.85. The molecule has 12 rings (SSSR count). The van der Waals surface area contributed by atoms with E-state index in [1.807, 2.05) is 0 Å². The van der Waals surface area contributed by atoms with Crippen LogP contribution < -0.4 is 0 Å². The van der Waals surface area contributed by atoms with Gasteiger partial charge in [-0.25, -0.2) is 9.97 Å². The maximum Gasteiger partial charge on any atom is 0.161 e. The van der Waals surface area contributed by atoms with Crippen molar-refractivity contribution in [3.63, 3.8) is 0 Å². The van der Waals surface area contributed by atoms with E-state index in [1.165, 1.54) is 48.9 Å². The van der Waals surface area contributed by atoms with E-state index >= 15 is 0 Å². The van der Waals surface area contributed by atoms with Crippen LogP contribution in [0.1, 0.15) is 25.0 Å². The summed E-state index contributed by atoms with van der Waals surface area (Å²) in [5.41, 5.74) is 15.6. The average Bonchev–Trinajstić information content (AvgIpc) is 3.90. The molecule has 0 spiro atoms. The highest BCUT2D eigenvalue weighted by molar-refractivity contribution is 7.26. The number of fused-ring (bicyclic) bond motifs is 10. The molecule has 0 radical (unpaired) electrons. The van der Waals surface area contributed by atoms with E-state index in [2.05, 4.69) is 184 Å². The largest absolute Gasteiger partial charge is 0.456 e. The first-order chi connectivity index (χ1) is 28.0. The van der Waals surface area contributed by atoms with Gasteiger partial charge in [0.05, 0.1) is 15.9 Å². The summed E-state index contributed by atoms with van der Waals surface area (Å²) >= 11 is 1.77. The minimum atomic E-state index is -0.115. The molecule has 3 aromatic heterocycles. The van der Waals surface area contributed by atoms with Crippen LogP contribution in [-0.4, -0.2) is 9.97 Å². The first kappa shape index (κ1) is 32.4. The van der Waals surface area contributed by atoms with Gasteiger partial charge in [0.1, 0.15) is 11.2 Å². The fourth-order valence-electron chi connectivity index (χ4n) is 9.17. The van der Waals surface area contributed by atoms with Crippen LogP contribution in [-0.2, 0) is 5.41 Å². The molecule has 0 unspecified atom stereocenters. The van der Waals surface area contributed by atoms with Crippen molar-refractivity contribution >= 4 is 64.4 Å². The quantitative estimate of drug-likeness (QED) is 0.180. The van der Waals surface area contributed by atoms with Crippen molar-refractivity contribution in [3.8, 4) is 56.0 Å². The SMILES string of the molecule is CC1(C)c2ccccc2-c2ccc(-c3nc(-c4cccc5oc6cc(-c7ccc(-c8ccc9ccccc9c8)cc7)ccc6c45)nc4c3sc3ccccc34)cc21. The second-order valence-corrected chi connectivity index (χ2v) is 16.8. The van der Waals surface area contributed by atoms with Crippen molar-refractivity contribution in [2.24, 2.45) is 0 Å². The number of benzene rings is 8. The van der Waals surface area contributed by atoms with Gasteiger partial charge in [-0.05, 0) is 91.7 Å². The molecule has 4 heteroatoms. The highest BCUT2D eigenvalue weighted by atomic mass is 32.1. The summed E-state index contributed by atoms with van der Waals surface area (Å²) in [6, 6.07) is 61.1. The van der Waals surface area contributed by atoms with Gasteiger partial charge in [-0.1, -0.05) is 147 Å². The smallest absolute Gasteiger partial charge is 0.161 e. The molecule has 3 nitrogen and oxygen atoms in total. The molecule has 1 aliphatic carbocycles. The van der Waals surface area contributed by atoms with Crippen LogP contribution in [0.5, 0.6) is 0 Å². The van der Waals surface area contributed by atoms with Gasteiger partial charge in [0.25, 0.3) is 0 Å². The Bertz CT molecular complexity index is 3440. The summed E-state index contributed by atoms with van der Waals surface area (Å²) in [5.74, 6) is 0.700. The molecule has 1 aliphatic rings. The molecule has 0 N–H and O–H groups in total. The summed E-state index contributed by atoms with van der Waals surface area (Å²) < 4.78 is 8.93. The van der Waals surface area contributed by atoms with Gasteiger partial charge in [-0.3, -0.25) is 0 Å². The number of hydrogen-bond acceptors (Lipinski definition) is 4. The minimum absolute atomic E-state index is 0.115. The van der Waals surface area contributed by atoms with Gasteiger partial charge in [-0.15, -0.1) is 11.3 Å².